The first-order valence-corrected chi connectivity index (χ1v) is 18.7. The molecule has 0 bridgehead atoms. The van der Waals surface area contributed by atoms with Gasteiger partial charge in [0.2, 0.25) is 11.8 Å². The van der Waals surface area contributed by atoms with Crippen LogP contribution in [0.5, 0.6) is 5.75 Å². The number of hydrogen-bond acceptors (Lipinski definition) is 9. The van der Waals surface area contributed by atoms with Crippen molar-refractivity contribution in [2.75, 3.05) is 37.6 Å². The minimum Gasteiger partial charge on any atom is -0.489 e. The van der Waals surface area contributed by atoms with Crippen molar-refractivity contribution in [2.24, 2.45) is 10.8 Å². The number of carbonyl (C=O) groups is 5. The number of anilines is 1. The molecule has 1 atom stereocenters. The van der Waals surface area contributed by atoms with Crippen molar-refractivity contribution < 1.29 is 28.7 Å². The lowest BCUT2D eigenvalue weighted by Crippen LogP contribution is -2.74. The minimum atomic E-state index is -0.986. The number of piperidine rings is 1. The van der Waals surface area contributed by atoms with Gasteiger partial charge in [0.1, 0.15) is 24.0 Å². The number of ether oxygens (including phenoxy) is 1. The lowest BCUT2D eigenvalue weighted by atomic mass is 9.49. The Hall–Kier alpha value is -5.25. The predicted molar refractivity (Wildman–Crippen MR) is 201 cm³/mol. The molecule has 0 radical (unpaired) electrons. The van der Waals surface area contributed by atoms with Gasteiger partial charge in [0.25, 0.3) is 17.7 Å². The van der Waals surface area contributed by atoms with Gasteiger partial charge in [0, 0.05) is 73.3 Å². The Morgan fingerprint density at radius 1 is 0.926 bits per heavy atom. The van der Waals surface area contributed by atoms with Gasteiger partial charge in [-0.05, 0) is 60.9 Å². The van der Waals surface area contributed by atoms with E-state index >= 15 is 0 Å². The van der Waals surface area contributed by atoms with Gasteiger partial charge in [-0.15, -0.1) is 0 Å². The molecule has 0 spiro atoms. The van der Waals surface area contributed by atoms with E-state index in [0.29, 0.717) is 21.9 Å². The number of imide groups is 2. The number of nitriles is 1. The highest BCUT2D eigenvalue weighted by Gasteiger charge is 2.64. The number of fused-ring (bicyclic) bond motifs is 1. The first-order chi connectivity index (χ1) is 25.7. The fourth-order valence-corrected chi connectivity index (χ4v) is 9.02. The predicted octanol–water partition coefficient (Wildman–Crippen LogP) is 4.59. The molecule has 3 aliphatic heterocycles. The number of rotatable bonds is 9. The first kappa shape index (κ1) is 37.1. The highest BCUT2D eigenvalue weighted by Crippen LogP contribution is 2.55. The summed E-state index contributed by atoms with van der Waals surface area (Å²) in [4.78, 5) is 69.3. The van der Waals surface area contributed by atoms with Gasteiger partial charge in [0.15, 0.2) is 0 Å². The smallest absolute Gasteiger partial charge is 0.262 e. The van der Waals surface area contributed by atoms with E-state index in [2.05, 4.69) is 54.2 Å². The van der Waals surface area contributed by atoms with Crippen LogP contribution >= 0.6 is 11.6 Å². The summed E-state index contributed by atoms with van der Waals surface area (Å²) in [6.07, 6.45) is 0.843. The Kier molecular flexibility index (Phi) is 9.75. The largest absolute Gasteiger partial charge is 0.489 e. The summed E-state index contributed by atoms with van der Waals surface area (Å²) >= 11 is 6.23. The topological polar surface area (TPSA) is 152 Å². The summed E-state index contributed by atoms with van der Waals surface area (Å²) in [7, 11) is 0. The standard InChI is InChI=1S/C41H43ClN6O6/c1-40(2)38(41(3,4)39(40)54-28-11-9-26(23-43)31(42)22-28)45-34(50)25-7-5-24(6-8-25)15-16-46-17-19-47(20-18-46)27-10-12-29-30(21-27)37(53)48(36(29)52)32-13-14-33(49)44-35(32)51/h5-12,21-22,32,38-39H,13-20H2,1-4H3,(H,45,50)(H,44,49,51). The molecule has 54 heavy (non-hydrogen) atoms. The molecule has 3 aromatic carbocycles. The molecule has 1 saturated carbocycles. The number of halogens is 1. The normalized spacial score (nSPS) is 23.3. The van der Waals surface area contributed by atoms with Crippen LogP contribution in [0.3, 0.4) is 0 Å². The summed E-state index contributed by atoms with van der Waals surface area (Å²) in [6.45, 7) is 12.3. The molecule has 2 saturated heterocycles. The third-order valence-electron chi connectivity index (χ3n) is 11.5. The van der Waals surface area contributed by atoms with Crippen molar-refractivity contribution in [3.05, 3.63) is 93.5 Å². The van der Waals surface area contributed by atoms with Gasteiger partial charge in [-0.1, -0.05) is 51.4 Å². The molecule has 3 fully saturated rings. The Morgan fingerprint density at radius 2 is 1.61 bits per heavy atom. The van der Waals surface area contributed by atoms with Crippen molar-refractivity contribution in [1.82, 2.24) is 20.4 Å². The Morgan fingerprint density at radius 3 is 2.26 bits per heavy atom. The summed E-state index contributed by atoms with van der Waals surface area (Å²) < 4.78 is 6.36. The number of nitrogens with one attached hydrogen (secondary N) is 2. The Balaban J connectivity index is 0.890. The van der Waals surface area contributed by atoms with Crippen LogP contribution in [0.2, 0.25) is 5.02 Å². The molecule has 2 N–H and O–H groups in total. The maximum Gasteiger partial charge on any atom is 0.262 e. The zero-order valence-corrected chi connectivity index (χ0v) is 31.5. The molecule has 3 aromatic rings. The third-order valence-corrected chi connectivity index (χ3v) is 11.8. The highest BCUT2D eigenvalue weighted by atomic mass is 35.5. The molecular formula is C41H43ClN6O6. The number of piperazine rings is 1. The van der Waals surface area contributed by atoms with Gasteiger partial charge in [-0.25, -0.2) is 0 Å². The van der Waals surface area contributed by atoms with Gasteiger partial charge < -0.3 is 15.0 Å². The van der Waals surface area contributed by atoms with Crippen LogP contribution in [0.25, 0.3) is 0 Å². The second-order valence-corrected chi connectivity index (χ2v) is 16.2. The molecule has 7 rings (SSSR count). The zero-order chi connectivity index (χ0) is 38.5. The molecule has 280 valence electrons. The van der Waals surface area contributed by atoms with E-state index in [9.17, 15) is 29.2 Å². The number of benzene rings is 3. The molecule has 5 amide bonds. The van der Waals surface area contributed by atoms with E-state index in [1.807, 2.05) is 30.3 Å². The van der Waals surface area contributed by atoms with Crippen LogP contribution in [0.1, 0.15) is 82.7 Å². The molecule has 1 aliphatic carbocycles. The quantitative estimate of drug-likeness (QED) is 0.299. The average Bonchev–Trinajstić information content (AvgIpc) is 3.40. The molecular weight excluding hydrogens is 708 g/mol. The maximum absolute atomic E-state index is 13.4. The number of carbonyl (C=O) groups excluding carboxylic acids is 5. The fourth-order valence-electron chi connectivity index (χ4n) is 8.81. The summed E-state index contributed by atoms with van der Waals surface area (Å²) in [6, 6.07) is 19.0. The first-order valence-electron chi connectivity index (χ1n) is 18.3. The van der Waals surface area contributed by atoms with Crippen LogP contribution in [0.4, 0.5) is 5.69 Å². The number of hydrogen-bond donors (Lipinski definition) is 2. The van der Waals surface area contributed by atoms with Crippen molar-refractivity contribution in [2.45, 2.75) is 65.1 Å². The second-order valence-electron chi connectivity index (χ2n) is 15.8. The molecule has 0 aromatic heterocycles. The van der Waals surface area contributed by atoms with Crippen molar-refractivity contribution in [3.8, 4) is 11.8 Å². The SMILES string of the molecule is CC1(C)C(NC(=O)c2ccc(CCN3CCN(c4ccc5c(c4)C(=O)N(C4CCC(=O)NC4=O)C5=O)CC3)cc2)C(C)(C)C1Oc1ccc(C#N)c(Cl)c1. The van der Waals surface area contributed by atoms with E-state index in [1.54, 1.807) is 30.3 Å². The molecule has 12 nitrogen and oxygen atoms in total. The van der Waals surface area contributed by atoms with Gasteiger partial charge in [-0.3, -0.25) is 39.1 Å². The molecule has 1 unspecified atom stereocenters. The van der Waals surface area contributed by atoms with Gasteiger partial charge >= 0.3 is 0 Å². The monoisotopic (exact) mass is 750 g/mol. The van der Waals surface area contributed by atoms with Crippen molar-refractivity contribution >= 4 is 46.8 Å². The summed E-state index contributed by atoms with van der Waals surface area (Å²) in [5.74, 6) is -1.58. The lowest BCUT2D eigenvalue weighted by Gasteiger charge is -2.63. The van der Waals surface area contributed by atoms with E-state index in [0.717, 1.165) is 55.3 Å². The van der Waals surface area contributed by atoms with Crippen LogP contribution in [-0.4, -0.2) is 90.2 Å². The summed E-state index contributed by atoms with van der Waals surface area (Å²) in [5.41, 5.74) is 2.80. The van der Waals surface area contributed by atoms with Crippen LogP contribution in [0.15, 0.2) is 60.7 Å². The highest BCUT2D eigenvalue weighted by molar-refractivity contribution is 6.31. The summed E-state index contributed by atoms with van der Waals surface area (Å²) in [5, 5.41) is 15.0. The number of nitrogens with zero attached hydrogens (tertiary/aromatic N) is 4. The fraction of sp³-hybridized carbons (Fsp3) is 0.415. The van der Waals surface area contributed by atoms with Crippen molar-refractivity contribution in [3.63, 3.8) is 0 Å². The van der Waals surface area contributed by atoms with Crippen molar-refractivity contribution in [1.29, 1.82) is 5.26 Å². The Bertz CT molecular complexity index is 2070. The van der Waals surface area contributed by atoms with E-state index in [4.69, 9.17) is 16.3 Å². The second kappa shape index (κ2) is 14.2. The Labute approximate surface area is 319 Å². The molecule has 4 aliphatic rings. The zero-order valence-electron chi connectivity index (χ0n) is 30.8. The molecule has 13 heteroatoms. The van der Waals surface area contributed by atoms with E-state index in [-0.39, 0.29) is 52.9 Å². The van der Waals surface area contributed by atoms with E-state index < -0.39 is 29.7 Å². The molecule has 3 heterocycles. The minimum absolute atomic E-state index is 0.0811. The third kappa shape index (κ3) is 6.71. The average molecular weight is 751 g/mol. The van der Waals surface area contributed by atoms with E-state index in [1.165, 1.54) is 0 Å². The van der Waals surface area contributed by atoms with Gasteiger partial charge in [-0.2, -0.15) is 5.26 Å². The number of amides is 5. The van der Waals surface area contributed by atoms with Crippen LogP contribution in [-0.2, 0) is 16.0 Å². The maximum atomic E-state index is 13.4. The van der Waals surface area contributed by atoms with Crippen LogP contribution < -0.4 is 20.3 Å². The van der Waals surface area contributed by atoms with Gasteiger partial charge in [0.05, 0.1) is 21.7 Å². The lowest BCUT2D eigenvalue weighted by molar-refractivity contribution is -0.164. The van der Waals surface area contributed by atoms with Crippen LogP contribution in [0, 0.1) is 22.2 Å².